The summed E-state index contributed by atoms with van der Waals surface area (Å²) < 4.78 is 5.06. The average molecular weight is 394 g/mol. The van der Waals surface area contributed by atoms with Crippen LogP contribution in [0.15, 0.2) is 4.79 Å². The molecule has 0 amide bonds. The number of carbonyl (C=O) groups is 1. The number of nitrogens with one attached hydrogen (secondary N) is 1. The van der Waals surface area contributed by atoms with Gasteiger partial charge in [0, 0.05) is 17.8 Å². The van der Waals surface area contributed by atoms with Crippen molar-refractivity contribution in [3.8, 4) is 0 Å². The minimum Gasteiger partial charge on any atom is -0.463 e. The molecule has 1 aliphatic rings. The van der Waals surface area contributed by atoms with Crippen LogP contribution in [-0.4, -0.2) is 51.7 Å². The Bertz CT molecular complexity index is 860. The number of fused-ring (bicyclic) bond motifs is 3. The topological polar surface area (TPSA) is 95.5 Å². The lowest BCUT2D eigenvalue weighted by Crippen LogP contribution is -2.35. The summed E-state index contributed by atoms with van der Waals surface area (Å²) in [7, 11) is 0. The fourth-order valence-electron chi connectivity index (χ4n) is 3.46. The maximum atomic E-state index is 12.5. The molecule has 148 valence electrons. The number of thiophene rings is 1. The van der Waals surface area contributed by atoms with E-state index in [1.807, 2.05) is 18.7 Å². The molecule has 0 unspecified atom stereocenters. The third-order valence-electron chi connectivity index (χ3n) is 4.80. The van der Waals surface area contributed by atoms with Crippen molar-refractivity contribution in [1.29, 1.82) is 0 Å². The Balaban J connectivity index is 1.64. The number of hydrogen-bond acceptors (Lipinski definition) is 7. The number of aromatic amines is 1. The van der Waals surface area contributed by atoms with Crippen LogP contribution in [0, 0.1) is 0 Å². The van der Waals surface area contributed by atoms with Crippen LogP contribution >= 0.6 is 11.3 Å². The second-order valence-electron chi connectivity index (χ2n) is 6.96. The predicted molar refractivity (Wildman–Crippen MR) is 105 cm³/mol. The molecule has 2 aromatic heterocycles. The normalized spacial score (nSPS) is 14.7. The number of likely N-dealkylation sites (N-methyl/N-ethyl adjacent to an activating group) is 1. The lowest BCUT2D eigenvalue weighted by atomic mass is 10.2. The number of rotatable bonds is 9. The monoisotopic (exact) mass is 393 g/mol. The Labute approximate surface area is 162 Å². The standard InChI is InChI=1S/C19H27N3O4S/c1-3-6-16(24)26-11-12(23)9-22(4-2)10-15-20-18(25)17-13-7-5-8-14(13)27-19(17)21-15/h12,23H,3-11H2,1-2H3,(H,20,21,25)/t12-/m1/s1. The molecule has 2 heterocycles. The van der Waals surface area contributed by atoms with Crippen LogP contribution in [-0.2, 0) is 28.9 Å². The second-order valence-corrected chi connectivity index (χ2v) is 8.05. The highest BCUT2D eigenvalue weighted by molar-refractivity contribution is 7.18. The zero-order valence-electron chi connectivity index (χ0n) is 15.9. The summed E-state index contributed by atoms with van der Waals surface area (Å²) in [5.74, 6) is 0.311. The third kappa shape index (κ3) is 4.75. The molecule has 2 aromatic rings. The summed E-state index contributed by atoms with van der Waals surface area (Å²) >= 11 is 1.62. The Morgan fingerprint density at radius 1 is 1.41 bits per heavy atom. The minimum absolute atomic E-state index is 0.0179. The first-order valence-electron chi connectivity index (χ1n) is 9.61. The fourth-order valence-corrected chi connectivity index (χ4v) is 4.74. The van der Waals surface area contributed by atoms with Gasteiger partial charge in [0.05, 0.1) is 11.9 Å². The number of carbonyl (C=O) groups excluding carboxylic acids is 1. The molecule has 0 radical (unpaired) electrons. The smallest absolute Gasteiger partial charge is 0.305 e. The molecule has 1 aliphatic carbocycles. The molecule has 0 bridgehead atoms. The number of aliphatic hydroxyl groups excluding tert-OH is 1. The predicted octanol–water partition coefficient (Wildman–Crippen LogP) is 2.00. The number of ether oxygens (including phenoxy) is 1. The number of H-pyrrole nitrogens is 1. The van der Waals surface area contributed by atoms with Crippen molar-refractivity contribution in [2.45, 2.75) is 58.6 Å². The van der Waals surface area contributed by atoms with Crippen molar-refractivity contribution in [2.24, 2.45) is 0 Å². The van der Waals surface area contributed by atoms with E-state index in [-0.39, 0.29) is 18.1 Å². The van der Waals surface area contributed by atoms with Crippen LogP contribution in [0.4, 0.5) is 0 Å². The maximum absolute atomic E-state index is 12.5. The summed E-state index contributed by atoms with van der Waals surface area (Å²) in [6.45, 7) is 5.33. The van der Waals surface area contributed by atoms with E-state index in [0.29, 0.717) is 31.9 Å². The van der Waals surface area contributed by atoms with Gasteiger partial charge < -0.3 is 14.8 Å². The highest BCUT2D eigenvalue weighted by Gasteiger charge is 2.21. The molecular weight excluding hydrogens is 366 g/mol. The number of esters is 1. The summed E-state index contributed by atoms with van der Waals surface area (Å²) in [5, 5.41) is 10.9. The largest absolute Gasteiger partial charge is 0.463 e. The van der Waals surface area contributed by atoms with Gasteiger partial charge in [-0.1, -0.05) is 13.8 Å². The van der Waals surface area contributed by atoms with Gasteiger partial charge in [0.15, 0.2) is 0 Å². The van der Waals surface area contributed by atoms with Crippen LogP contribution in [0.3, 0.4) is 0 Å². The number of nitrogens with zero attached hydrogens (tertiary/aromatic N) is 2. The minimum atomic E-state index is -0.772. The summed E-state index contributed by atoms with van der Waals surface area (Å²) in [6, 6.07) is 0. The first-order valence-corrected chi connectivity index (χ1v) is 10.4. The summed E-state index contributed by atoms with van der Waals surface area (Å²) in [5.41, 5.74) is 1.10. The number of aliphatic hydroxyl groups is 1. The van der Waals surface area contributed by atoms with Gasteiger partial charge in [-0.2, -0.15) is 0 Å². The van der Waals surface area contributed by atoms with Crippen molar-refractivity contribution in [3.63, 3.8) is 0 Å². The molecule has 7 nitrogen and oxygen atoms in total. The SMILES string of the molecule is CCCC(=O)OC[C@H](O)CN(CC)Cc1nc2sc3c(c2c(=O)[nH]1)CCC3. The summed E-state index contributed by atoms with van der Waals surface area (Å²) in [6.07, 6.45) is 3.43. The van der Waals surface area contributed by atoms with E-state index in [1.165, 1.54) is 10.4 Å². The lowest BCUT2D eigenvalue weighted by molar-refractivity contribution is -0.147. The molecular formula is C19H27N3O4S. The molecule has 8 heteroatoms. The van der Waals surface area contributed by atoms with Crippen LogP contribution < -0.4 is 5.56 Å². The van der Waals surface area contributed by atoms with E-state index in [2.05, 4.69) is 9.97 Å². The molecule has 2 N–H and O–H groups in total. The Morgan fingerprint density at radius 2 is 2.22 bits per heavy atom. The fraction of sp³-hybridized carbons (Fsp3) is 0.632. The summed E-state index contributed by atoms with van der Waals surface area (Å²) in [4.78, 5) is 35.6. The van der Waals surface area contributed by atoms with Gasteiger partial charge in [-0.25, -0.2) is 4.98 Å². The van der Waals surface area contributed by atoms with E-state index >= 15 is 0 Å². The molecule has 0 aliphatic heterocycles. The van der Waals surface area contributed by atoms with E-state index in [4.69, 9.17) is 4.74 Å². The van der Waals surface area contributed by atoms with Gasteiger partial charge in [-0.05, 0) is 37.8 Å². The third-order valence-corrected chi connectivity index (χ3v) is 5.99. The lowest BCUT2D eigenvalue weighted by Gasteiger charge is -2.22. The Kier molecular flexibility index (Phi) is 6.62. The first kappa shape index (κ1) is 20.0. The number of aromatic nitrogens is 2. The van der Waals surface area contributed by atoms with Gasteiger partial charge in [0.1, 0.15) is 23.4 Å². The number of aryl methyl sites for hydroxylation is 2. The zero-order valence-corrected chi connectivity index (χ0v) is 16.7. The average Bonchev–Trinajstić information content (AvgIpc) is 3.20. The van der Waals surface area contributed by atoms with Gasteiger partial charge in [-0.15, -0.1) is 11.3 Å². The first-order chi connectivity index (χ1) is 13.0. The quantitative estimate of drug-likeness (QED) is 0.633. The Morgan fingerprint density at radius 3 is 2.96 bits per heavy atom. The highest BCUT2D eigenvalue weighted by Crippen LogP contribution is 2.34. The van der Waals surface area contributed by atoms with Crippen molar-refractivity contribution in [3.05, 3.63) is 26.6 Å². The van der Waals surface area contributed by atoms with Gasteiger partial charge in [0.2, 0.25) is 0 Å². The molecule has 1 atom stereocenters. The molecule has 3 rings (SSSR count). The van der Waals surface area contributed by atoms with Crippen molar-refractivity contribution < 1.29 is 14.6 Å². The van der Waals surface area contributed by atoms with Crippen LogP contribution in [0.1, 0.15) is 49.4 Å². The van der Waals surface area contributed by atoms with E-state index in [1.54, 1.807) is 11.3 Å². The van der Waals surface area contributed by atoms with Crippen molar-refractivity contribution >= 4 is 27.5 Å². The molecule has 0 aromatic carbocycles. The van der Waals surface area contributed by atoms with Gasteiger partial charge in [0.25, 0.3) is 5.56 Å². The molecule has 27 heavy (non-hydrogen) atoms. The van der Waals surface area contributed by atoms with Crippen LogP contribution in [0.5, 0.6) is 0 Å². The Hall–Kier alpha value is -1.77. The van der Waals surface area contributed by atoms with E-state index in [9.17, 15) is 14.7 Å². The van der Waals surface area contributed by atoms with Gasteiger partial charge in [-0.3, -0.25) is 14.5 Å². The van der Waals surface area contributed by atoms with E-state index < -0.39 is 6.10 Å². The zero-order chi connectivity index (χ0) is 19.4. The van der Waals surface area contributed by atoms with E-state index in [0.717, 1.165) is 35.9 Å². The number of hydrogen-bond donors (Lipinski definition) is 2. The van der Waals surface area contributed by atoms with Crippen LogP contribution in [0.2, 0.25) is 0 Å². The molecule has 0 saturated carbocycles. The van der Waals surface area contributed by atoms with Crippen molar-refractivity contribution in [1.82, 2.24) is 14.9 Å². The van der Waals surface area contributed by atoms with Crippen LogP contribution in [0.25, 0.3) is 10.2 Å². The second kappa shape index (κ2) is 8.95. The highest BCUT2D eigenvalue weighted by atomic mass is 32.1. The van der Waals surface area contributed by atoms with Crippen molar-refractivity contribution in [2.75, 3.05) is 19.7 Å². The molecule has 0 spiro atoms. The molecule has 0 saturated heterocycles. The molecule has 0 fully saturated rings. The maximum Gasteiger partial charge on any atom is 0.305 e. The van der Waals surface area contributed by atoms with Gasteiger partial charge >= 0.3 is 5.97 Å².